The van der Waals surface area contributed by atoms with Crippen molar-refractivity contribution in [1.29, 1.82) is 0 Å². The predicted molar refractivity (Wildman–Crippen MR) is 78.1 cm³/mol. The predicted octanol–water partition coefficient (Wildman–Crippen LogP) is 2.01. The summed E-state index contributed by atoms with van der Waals surface area (Å²) in [5.74, 6) is -0.324. The molecule has 0 saturated heterocycles. The summed E-state index contributed by atoms with van der Waals surface area (Å²) in [6, 6.07) is 6.74. The van der Waals surface area contributed by atoms with Crippen molar-refractivity contribution in [3.8, 4) is 5.75 Å². The number of fused-ring (bicyclic) bond motifs is 1. The molecular weight excluding hydrogens is 270 g/mol. The van der Waals surface area contributed by atoms with Crippen LogP contribution in [0.2, 0.25) is 0 Å². The van der Waals surface area contributed by atoms with E-state index in [0.717, 1.165) is 11.3 Å². The molecule has 2 atom stereocenters. The zero-order valence-corrected chi connectivity index (χ0v) is 12.8. The summed E-state index contributed by atoms with van der Waals surface area (Å²) in [4.78, 5) is 24.2. The molecule has 21 heavy (non-hydrogen) atoms. The van der Waals surface area contributed by atoms with Gasteiger partial charge in [-0.15, -0.1) is 0 Å². The molecule has 1 amide bonds. The number of nitrogens with one attached hydrogen (secondary N) is 1. The van der Waals surface area contributed by atoms with E-state index in [0.29, 0.717) is 6.61 Å². The first-order valence-electron chi connectivity index (χ1n) is 7.03. The fraction of sp³-hybridized carbons (Fsp3) is 0.500. The smallest absolute Gasteiger partial charge is 0.328 e. The van der Waals surface area contributed by atoms with Crippen LogP contribution in [0.1, 0.15) is 39.2 Å². The maximum absolute atomic E-state index is 12.3. The van der Waals surface area contributed by atoms with Crippen LogP contribution in [-0.4, -0.2) is 30.1 Å². The van der Waals surface area contributed by atoms with Gasteiger partial charge in [-0.05, 0) is 33.8 Å². The van der Waals surface area contributed by atoms with Crippen LogP contribution in [-0.2, 0) is 14.3 Å². The van der Waals surface area contributed by atoms with Gasteiger partial charge in [0.05, 0.1) is 0 Å². The lowest BCUT2D eigenvalue weighted by atomic mass is 10.0. The van der Waals surface area contributed by atoms with Crippen LogP contribution in [0.15, 0.2) is 24.3 Å². The van der Waals surface area contributed by atoms with Crippen molar-refractivity contribution < 1.29 is 19.1 Å². The van der Waals surface area contributed by atoms with E-state index in [4.69, 9.17) is 9.47 Å². The zero-order chi connectivity index (χ0) is 15.6. The Hall–Kier alpha value is -2.04. The second kappa shape index (κ2) is 5.76. The summed E-state index contributed by atoms with van der Waals surface area (Å²) >= 11 is 0. The number of carbonyl (C=O) groups excluding carboxylic acids is 2. The van der Waals surface area contributed by atoms with Crippen molar-refractivity contribution in [3.05, 3.63) is 29.8 Å². The van der Waals surface area contributed by atoms with Gasteiger partial charge in [0.1, 0.15) is 29.9 Å². The van der Waals surface area contributed by atoms with Crippen LogP contribution in [0.25, 0.3) is 0 Å². The Morgan fingerprint density at radius 1 is 1.33 bits per heavy atom. The highest BCUT2D eigenvalue weighted by Crippen LogP contribution is 2.33. The number of ether oxygens (including phenoxy) is 2. The normalized spacial score (nSPS) is 18.4. The summed E-state index contributed by atoms with van der Waals surface area (Å²) < 4.78 is 10.7. The van der Waals surface area contributed by atoms with E-state index in [-0.39, 0.29) is 11.8 Å². The van der Waals surface area contributed by atoms with Crippen molar-refractivity contribution >= 4 is 11.9 Å². The molecule has 0 aliphatic carbocycles. The molecule has 0 spiro atoms. The highest BCUT2D eigenvalue weighted by molar-refractivity contribution is 5.89. The molecule has 1 aliphatic rings. The third-order valence-electron chi connectivity index (χ3n) is 3.14. The number of amides is 1. The molecule has 1 heterocycles. The van der Waals surface area contributed by atoms with Crippen LogP contribution in [0.3, 0.4) is 0 Å². The summed E-state index contributed by atoms with van der Waals surface area (Å²) in [7, 11) is 0. The average Bonchev–Trinajstić information content (AvgIpc) is 2.80. The Labute approximate surface area is 124 Å². The highest BCUT2D eigenvalue weighted by Gasteiger charge is 2.32. The van der Waals surface area contributed by atoms with Gasteiger partial charge < -0.3 is 14.8 Å². The molecule has 114 valence electrons. The van der Waals surface area contributed by atoms with E-state index in [1.165, 1.54) is 0 Å². The SMILES string of the molecule is C[C@@H](NC(=O)C1COc2ccccc21)C(=O)OC(C)(C)C. The largest absolute Gasteiger partial charge is 0.492 e. The Morgan fingerprint density at radius 3 is 2.67 bits per heavy atom. The van der Waals surface area contributed by atoms with Gasteiger partial charge in [0, 0.05) is 5.56 Å². The minimum atomic E-state index is -0.690. The molecule has 1 aromatic carbocycles. The van der Waals surface area contributed by atoms with Gasteiger partial charge in [-0.25, -0.2) is 4.79 Å². The van der Waals surface area contributed by atoms with Gasteiger partial charge in [-0.2, -0.15) is 0 Å². The molecule has 1 aromatic rings. The molecule has 1 aliphatic heterocycles. The molecule has 0 bridgehead atoms. The highest BCUT2D eigenvalue weighted by atomic mass is 16.6. The van der Waals surface area contributed by atoms with Gasteiger partial charge in [0.15, 0.2) is 0 Å². The summed E-state index contributed by atoms with van der Waals surface area (Å²) in [6.07, 6.45) is 0. The van der Waals surface area contributed by atoms with Crippen LogP contribution >= 0.6 is 0 Å². The zero-order valence-electron chi connectivity index (χ0n) is 12.8. The molecular formula is C16H21NO4. The molecule has 5 nitrogen and oxygen atoms in total. The quantitative estimate of drug-likeness (QED) is 0.865. The monoisotopic (exact) mass is 291 g/mol. The first kappa shape index (κ1) is 15.4. The molecule has 1 unspecified atom stereocenters. The lowest BCUT2D eigenvalue weighted by molar-refractivity contribution is -0.158. The summed E-state index contributed by atoms with van der Waals surface area (Å²) in [6.45, 7) is 7.29. The second-order valence-corrected chi connectivity index (χ2v) is 6.17. The summed E-state index contributed by atoms with van der Waals surface area (Å²) in [5.41, 5.74) is 0.283. The average molecular weight is 291 g/mol. The maximum atomic E-state index is 12.3. The van der Waals surface area contributed by atoms with E-state index in [1.807, 2.05) is 24.3 Å². The Bertz CT molecular complexity index is 547. The Kier molecular flexibility index (Phi) is 4.21. The van der Waals surface area contributed by atoms with E-state index >= 15 is 0 Å². The second-order valence-electron chi connectivity index (χ2n) is 6.17. The lowest BCUT2D eigenvalue weighted by Gasteiger charge is -2.23. The van der Waals surface area contributed by atoms with Crippen LogP contribution in [0, 0.1) is 0 Å². The lowest BCUT2D eigenvalue weighted by Crippen LogP contribution is -2.44. The van der Waals surface area contributed by atoms with Crippen LogP contribution < -0.4 is 10.1 Å². The first-order chi connectivity index (χ1) is 9.78. The fourth-order valence-electron chi connectivity index (χ4n) is 2.14. The number of hydrogen-bond donors (Lipinski definition) is 1. The molecule has 5 heteroatoms. The first-order valence-corrected chi connectivity index (χ1v) is 7.03. The van der Waals surface area contributed by atoms with Crippen LogP contribution in [0.4, 0.5) is 0 Å². The van der Waals surface area contributed by atoms with Gasteiger partial charge in [-0.3, -0.25) is 4.79 Å². The van der Waals surface area contributed by atoms with Crippen molar-refractivity contribution in [2.75, 3.05) is 6.61 Å². The summed E-state index contributed by atoms with van der Waals surface area (Å²) in [5, 5.41) is 2.69. The van der Waals surface area contributed by atoms with E-state index in [9.17, 15) is 9.59 Å². The Balaban J connectivity index is 1.98. The van der Waals surface area contributed by atoms with E-state index in [2.05, 4.69) is 5.32 Å². The number of benzene rings is 1. The molecule has 0 aromatic heterocycles. The minimum Gasteiger partial charge on any atom is -0.492 e. The topological polar surface area (TPSA) is 64.6 Å². The number of esters is 1. The standard InChI is InChI=1S/C16H21NO4/c1-10(15(19)21-16(2,3)4)17-14(18)12-9-20-13-8-6-5-7-11(12)13/h5-8,10,12H,9H2,1-4H3,(H,17,18)/t10-,12?/m1/s1. The van der Waals surface area contributed by atoms with Crippen LogP contribution in [0.5, 0.6) is 5.75 Å². The van der Waals surface area contributed by atoms with Crippen molar-refractivity contribution in [3.63, 3.8) is 0 Å². The third-order valence-corrected chi connectivity index (χ3v) is 3.14. The number of carbonyl (C=O) groups is 2. The molecule has 0 radical (unpaired) electrons. The third kappa shape index (κ3) is 3.74. The van der Waals surface area contributed by atoms with Gasteiger partial charge in [0.25, 0.3) is 0 Å². The number of hydrogen-bond acceptors (Lipinski definition) is 4. The molecule has 0 saturated carbocycles. The number of para-hydroxylation sites is 1. The molecule has 2 rings (SSSR count). The maximum Gasteiger partial charge on any atom is 0.328 e. The van der Waals surface area contributed by atoms with E-state index < -0.39 is 17.6 Å². The van der Waals surface area contributed by atoms with Gasteiger partial charge in [0.2, 0.25) is 5.91 Å². The van der Waals surface area contributed by atoms with Gasteiger partial charge in [-0.1, -0.05) is 18.2 Å². The molecule has 0 fully saturated rings. The van der Waals surface area contributed by atoms with Crippen molar-refractivity contribution in [2.45, 2.75) is 45.3 Å². The van der Waals surface area contributed by atoms with Crippen molar-refractivity contribution in [2.24, 2.45) is 0 Å². The van der Waals surface area contributed by atoms with Gasteiger partial charge >= 0.3 is 5.97 Å². The van der Waals surface area contributed by atoms with E-state index in [1.54, 1.807) is 27.7 Å². The fourth-order valence-corrected chi connectivity index (χ4v) is 2.14. The number of rotatable bonds is 3. The minimum absolute atomic E-state index is 0.224. The van der Waals surface area contributed by atoms with Crippen molar-refractivity contribution in [1.82, 2.24) is 5.32 Å². The molecule has 1 N–H and O–H groups in total. The Morgan fingerprint density at radius 2 is 2.00 bits per heavy atom.